The highest BCUT2D eigenvalue weighted by Crippen LogP contribution is 2.40. The Morgan fingerprint density at radius 1 is 1.29 bits per heavy atom. The monoisotopic (exact) mass is 456 g/mol. The minimum absolute atomic E-state index is 0.262. The second kappa shape index (κ2) is 9.69. The van der Waals surface area contributed by atoms with E-state index < -0.39 is 17.3 Å². The van der Waals surface area contributed by atoms with Crippen LogP contribution in [0.4, 0.5) is 10.6 Å². The largest absolute Gasteiger partial charge is 0.465 e. The van der Waals surface area contributed by atoms with E-state index >= 15 is 0 Å². The van der Waals surface area contributed by atoms with Crippen molar-refractivity contribution in [1.82, 2.24) is 9.88 Å². The number of nitrogens with two attached hydrogens (primary N) is 1. The Balaban J connectivity index is 2.06. The van der Waals surface area contributed by atoms with Crippen molar-refractivity contribution in [3.63, 3.8) is 0 Å². The van der Waals surface area contributed by atoms with Crippen LogP contribution in [0.3, 0.4) is 0 Å². The number of carbonyl (C=O) groups is 2. The molecule has 1 saturated heterocycles. The molecule has 160 valence electrons. The second-order valence-corrected chi connectivity index (χ2v) is 8.63. The number of pyridine rings is 1. The summed E-state index contributed by atoms with van der Waals surface area (Å²) in [4.78, 5) is 31.1. The van der Waals surface area contributed by atoms with E-state index in [0.29, 0.717) is 41.5 Å². The van der Waals surface area contributed by atoms with Crippen LogP contribution in [0, 0.1) is 22.7 Å². The summed E-state index contributed by atoms with van der Waals surface area (Å²) in [7, 11) is 0. The fourth-order valence-electron chi connectivity index (χ4n) is 3.43. The first-order chi connectivity index (χ1) is 14.9. The maximum atomic E-state index is 12.1. The molecule has 11 heteroatoms. The van der Waals surface area contributed by atoms with Gasteiger partial charge in [-0.05, 0) is 34.4 Å². The van der Waals surface area contributed by atoms with Crippen molar-refractivity contribution in [2.45, 2.75) is 23.6 Å². The fourth-order valence-corrected chi connectivity index (χ4v) is 5.25. The van der Waals surface area contributed by atoms with Gasteiger partial charge in [0.15, 0.2) is 0 Å². The van der Waals surface area contributed by atoms with Crippen molar-refractivity contribution in [1.29, 1.82) is 10.5 Å². The normalized spacial score (nSPS) is 14.5. The predicted octanol–water partition coefficient (Wildman–Crippen LogP) is 2.57. The summed E-state index contributed by atoms with van der Waals surface area (Å²) in [5.74, 6) is -0.146. The Bertz CT molecular complexity index is 1070. The van der Waals surface area contributed by atoms with Crippen LogP contribution in [0.25, 0.3) is 0 Å². The van der Waals surface area contributed by atoms with Crippen molar-refractivity contribution in [2.24, 2.45) is 5.73 Å². The molecule has 1 atom stereocenters. The van der Waals surface area contributed by atoms with Gasteiger partial charge in [0.05, 0.1) is 11.1 Å². The van der Waals surface area contributed by atoms with Crippen LogP contribution in [0.2, 0.25) is 0 Å². The van der Waals surface area contributed by atoms with E-state index in [1.54, 1.807) is 6.07 Å². The highest BCUT2D eigenvalue weighted by Gasteiger charge is 2.29. The summed E-state index contributed by atoms with van der Waals surface area (Å²) in [5, 5.41) is 32.1. The summed E-state index contributed by atoms with van der Waals surface area (Å²) < 4.78 is 0. The Morgan fingerprint density at radius 3 is 2.45 bits per heavy atom. The lowest BCUT2D eigenvalue weighted by molar-refractivity contribution is -0.117. The lowest BCUT2D eigenvalue weighted by Gasteiger charge is -2.34. The lowest BCUT2D eigenvalue weighted by atomic mass is 10.0. The number of rotatable bonds is 6. The van der Waals surface area contributed by atoms with Crippen molar-refractivity contribution in [3.05, 3.63) is 39.1 Å². The minimum Gasteiger partial charge on any atom is -0.465 e. The van der Waals surface area contributed by atoms with Crippen LogP contribution in [-0.4, -0.2) is 53.2 Å². The quantitative estimate of drug-likeness (QED) is 0.630. The molecule has 2 aromatic heterocycles. The van der Waals surface area contributed by atoms with Crippen LogP contribution in [-0.2, 0) is 11.2 Å². The second-order valence-electron chi connectivity index (χ2n) is 6.76. The molecule has 3 rings (SSSR count). The van der Waals surface area contributed by atoms with Gasteiger partial charge in [-0.2, -0.15) is 21.9 Å². The van der Waals surface area contributed by atoms with E-state index in [0.717, 1.165) is 17.3 Å². The van der Waals surface area contributed by atoms with Crippen LogP contribution >= 0.6 is 23.1 Å². The molecule has 1 aliphatic heterocycles. The van der Waals surface area contributed by atoms with E-state index in [4.69, 9.17) is 5.73 Å². The van der Waals surface area contributed by atoms with Gasteiger partial charge in [-0.1, -0.05) is 18.7 Å². The van der Waals surface area contributed by atoms with Crippen LogP contribution < -0.4 is 10.6 Å². The van der Waals surface area contributed by atoms with Gasteiger partial charge >= 0.3 is 6.09 Å². The summed E-state index contributed by atoms with van der Waals surface area (Å²) in [6.45, 7) is 3.16. The highest BCUT2D eigenvalue weighted by molar-refractivity contribution is 8.00. The van der Waals surface area contributed by atoms with Crippen molar-refractivity contribution < 1.29 is 14.7 Å². The molecule has 1 fully saturated rings. The summed E-state index contributed by atoms with van der Waals surface area (Å²) in [5.41, 5.74) is 7.49. The summed E-state index contributed by atoms with van der Waals surface area (Å²) in [6, 6.07) is 6.11. The first kappa shape index (κ1) is 22.4. The number of hydrogen-bond donors (Lipinski definition) is 2. The number of thioether (sulfide) groups is 1. The molecule has 9 nitrogen and oxygen atoms in total. The third kappa shape index (κ3) is 4.58. The molecule has 3 N–H and O–H groups in total. The first-order valence-corrected chi connectivity index (χ1v) is 11.3. The molecule has 0 radical (unpaired) electrons. The molecule has 2 aromatic rings. The predicted molar refractivity (Wildman–Crippen MR) is 117 cm³/mol. The number of carbonyl (C=O) groups excluding carboxylic acids is 1. The average molecular weight is 457 g/mol. The molecule has 0 aromatic carbocycles. The number of hydrogen-bond acceptors (Lipinski definition) is 8. The average Bonchev–Trinajstić information content (AvgIpc) is 3.30. The smallest absolute Gasteiger partial charge is 0.407 e. The third-order valence-electron chi connectivity index (χ3n) is 5.01. The molecule has 0 spiro atoms. The number of nitrogens with zero attached hydrogens (tertiary/aromatic N) is 5. The van der Waals surface area contributed by atoms with E-state index in [1.165, 1.54) is 16.2 Å². The number of thiophene rings is 1. The first-order valence-electron chi connectivity index (χ1n) is 9.49. The topological polar surface area (TPSA) is 147 Å². The Labute approximate surface area is 187 Å². The zero-order valence-electron chi connectivity index (χ0n) is 16.7. The van der Waals surface area contributed by atoms with Crippen molar-refractivity contribution >= 4 is 40.9 Å². The molecule has 0 saturated carbocycles. The van der Waals surface area contributed by atoms with Crippen molar-refractivity contribution in [2.75, 3.05) is 31.1 Å². The SMILES string of the molecule is CCc1c(C#N)c(SC(C(N)=O)c2ccsc2)nc(N2CCN(C(=O)O)CC2)c1C#N. The van der Waals surface area contributed by atoms with Crippen LogP contribution in [0.1, 0.15) is 34.4 Å². The Hall–Kier alpha value is -3.28. The zero-order chi connectivity index (χ0) is 22.5. The van der Waals surface area contributed by atoms with Gasteiger partial charge in [0.2, 0.25) is 5.91 Å². The van der Waals surface area contributed by atoms with Gasteiger partial charge in [-0.25, -0.2) is 9.78 Å². The molecular formula is C20H20N6O3S2. The van der Waals surface area contributed by atoms with E-state index in [1.807, 2.05) is 22.6 Å². The van der Waals surface area contributed by atoms with Gasteiger partial charge in [-0.3, -0.25) is 4.79 Å². The summed E-state index contributed by atoms with van der Waals surface area (Å²) >= 11 is 2.53. The number of primary amides is 1. The minimum atomic E-state index is -0.988. The molecule has 0 bridgehead atoms. The number of aromatic nitrogens is 1. The van der Waals surface area contributed by atoms with E-state index in [9.17, 15) is 25.2 Å². The summed E-state index contributed by atoms with van der Waals surface area (Å²) in [6.07, 6.45) is -0.553. The molecule has 31 heavy (non-hydrogen) atoms. The van der Waals surface area contributed by atoms with Gasteiger partial charge < -0.3 is 20.6 Å². The third-order valence-corrected chi connectivity index (χ3v) is 6.97. The Kier molecular flexibility index (Phi) is 7.00. The number of anilines is 1. The molecule has 2 amide bonds. The number of carboxylic acid groups (broad SMARTS) is 1. The van der Waals surface area contributed by atoms with Gasteiger partial charge in [0.25, 0.3) is 0 Å². The molecular weight excluding hydrogens is 436 g/mol. The van der Waals surface area contributed by atoms with Gasteiger partial charge in [-0.15, -0.1) is 0 Å². The van der Waals surface area contributed by atoms with E-state index in [-0.39, 0.29) is 18.7 Å². The molecule has 0 aliphatic carbocycles. The zero-order valence-corrected chi connectivity index (χ0v) is 18.4. The van der Waals surface area contributed by atoms with Crippen LogP contribution in [0.15, 0.2) is 21.9 Å². The molecule has 3 heterocycles. The lowest BCUT2D eigenvalue weighted by Crippen LogP contribution is -2.48. The Morgan fingerprint density at radius 2 is 1.97 bits per heavy atom. The number of amides is 2. The highest BCUT2D eigenvalue weighted by atomic mass is 32.2. The number of nitriles is 2. The maximum Gasteiger partial charge on any atom is 0.407 e. The fraction of sp³-hybridized carbons (Fsp3) is 0.350. The van der Waals surface area contributed by atoms with E-state index in [2.05, 4.69) is 17.1 Å². The van der Waals surface area contributed by atoms with Gasteiger partial charge in [0.1, 0.15) is 28.2 Å². The maximum absolute atomic E-state index is 12.1. The number of piperazine rings is 1. The molecule has 1 unspecified atom stereocenters. The van der Waals surface area contributed by atoms with Crippen molar-refractivity contribution in [3.8, 4) is 12.1 Å². The molecule has 1 aliphatic rings. The van der Waals surface area contributed by atoms with Gasteiger partial charge in [0, 0.05) is 26.2 Å². The van der Waals surface area contributed by atoms with Crippen LogP contribution in [0.5, 0.6) is 0 Å². The standard InChI is InChI=1S/C20H20N6O3S2/c1-2-13-14(9-21)18(25-4-6-26(7-5-25)20(28)29)24-19(15(13)10-22)31-16(17(23)27)12-3-8-30-11-12/h3,8,11,16H,2,4-7H2,1H3,(H2,23,27)(H,28,29).